The minimum Gasteiger partial charge on any atom is -0.463 e. The summed E-state index contributed by atoms with van der Waals surface area (Å²) in [7, 11) is 0. The Hall–Kier alpha value is -2.83. The number of rotatable bonds is 6. The zero-order valence-electron chi connectivity index (χ0n) is 17.0. The van der Waals surface area contributed by atoms with Crippen LogP contribution in [-0.4, -0.2) is 34.6 Å². The summed E-state index contributed by atoms with van der Waals surface area (Å²) in [5, 5.41) is 7.14. The monoisotopic (exact) mass is 397 g/mol. The summed E-state index contributed by atoms with van der Waals surface area (Å²) >= 11 is 0. The summed E-state index contributed by atoms with van der Waals surface area (Å²) < 4.78 is 12.2. The van der Waals surface area contributed by atoms with Gasteiger partial charge in [-0.15, -0.1) is 0 Å². The molecule has 2 aromatic rings. The fourth-order valence-corrected chi connectivity index (χ4v) is 4.36. The molecule has 154 valence electrons. The first-order valence-corrected chi connectivity index (χ1v) is 10.3. The molecule has 0 bridgehead atoms. The Morgan fingerprint density at radius 1 is 1.17 bits per heavy atom. The molecule has 0 fully saturated rings. The van der Waals surface area contributed by atoms with Gasteiger partial charge >= 0.3 is 12.1 Å². The summed E-state index contributed by atoms with van der Waals surface area (Å²) in [6.45, 7) is 3.97. The van der Waals surface area contributed by atoms with Crippen LogP contribution < -0.4 is 5.32 Å². The predicted octanol–water partition coefficient (Wildman–Crippen LogP) is 3.35. The number of nitrogens with one attached hydrogen (secondary N) is 1. The Bertz CT molecular complexity index is 902. The van der Waals surface area contributed by atoms with Crippen LogP contribution in [0.1, 0.15) is 47.6 Å². The maximum atomic E-state index is 12.8. The van der Waals surface area contributed by atoms with Gasteiger partial charge in [0.05, 0.1) is 25.0 Å². The van der Waals surface area contributed by atoms with Gasteiger partial charge in [-0.05, 0) is 80.2 Å². The smallest absolute Gasteiger partial charge is 0.412 e. The quantitative estimate of drug-likeness (QED) is 0.756. The maximum absolute atomic E-state index is 12.8. The van der Waals surface area contributed by atoms with Crippen molar-refractivity contribution in [1.82, 2.24) is 9.78 Å². The number of anilines is 1. The number of aromatic nitrogens is 2. The number of benzene rings is 1. The normalized spacial score (nSPS) is 15.5. The fraction of sp³-hybridized carbons (Fsp3) is 0.500. The molecular formula is C22H27N3O4. The fourth-order valence-electron chi connectivity index (χ4n) is 4.36. The van der Waals surface area contributed by atoms with Crippen molar-refractivity contribution in [2.24, 2.45) is 0 Å². The molecule has 2 aliphatic rings. The van der Waals surface area contributed by atoms with E-state index in [2.05, 4.69) is 16.5 Å². The SMILES string of the molecule is CCOC(=O)C(Cn1cc(C)cn1)OC(=O)Nc1c2c(cc3c1CCC3)CCC2. The molecule has 0 saturated heterocycles. The maximum Gasteiger partial charge on any atom is 0.412 e. The van der Waals surface area contributed by atoms with Crippen LogP contribution in [0, 0.1) is 6.92 Å². The molecule has 1 amide bonds. The molecule has 1 unspecified atom stereocenters. The minimum atomic E-state index is -1.06. The molecule has 1 atom stereocenters. The van der Waals surface area contributed by atoms with E-state index < -0.39 is 18.2 Å². The second kappa shape index (κ2) is 8.27. The van der Waals surface area contributed by atoms with Gasteiger partial charge in [-0.2, -0.15) is 5.10 Å². The van der Waals surface area contributed by atoms with Gasteiger partial charge in [-0.25, -0.2) is 9.59 Å². The number of carbonyl (C=O) groups excluding carboxylic acids is 2. The summed E-state index contributed by atoms with van der Waals surface area (Å²) in [4.78, 5) is 25.1. The van der Waals surface area contributed by atoms with Crippen molar-refractivity contribution in [2.75, 3.05) is 11.9 Å². The number of fused-ring (bicyclic) bond motifs is 2. The molecule has 1 heterocycles. The third kappa shape index (κ3) is 4.13. The van der Waals surface area contributed by atoms with Crippen molar-refractivity contribution in [3.63, 3.8) is 0 Å². The molecule has 7 heteroatoms. The number of nitrogens with zero attached hydrogens (tertiary/aromatic N) is 2. The molecule has 1 aromatic carbocycles. The van der Waals surface area contributed by atoms with Crippen LogP contribution >= 0.6 is 0 Å². The summed E-state index contributed by atoms with van der Waals surface area (Å²) in [6.07, 6.45) is 8.05. The molecule has 7 nitrogen and oxygen atoms in total. The van der Waals surface area contributed by atoms with Crippen molar-refractivity contribution in [2.45, 2.75) is 65.0 Å². The third-order valence-corrected chi connectivity index (χ3v) is 5.61. The van der Waals surface area contributed by atoms with E-state index in [0.717, 1.165) is 49.8 Å². The second-order valence-electron chi connectivity index (χ2n) is 7.74. The number of hydrogen-bond acceptors (Lipinski definition) is 5. The zero-order valence-corrected chi connectivity index (χ0v) is 17.0. The molecule has 29 heavy (non-hydrogen) atoms. The molecule has 2 aliphatic carbocycles. The average molecular weight is 397 g/mol. The van der Waals surface area contributed by atoms with Crippen LogP contribution in [-0.2, 0) is 46.5 Å². The van der Waals surface area contributed by atoms with Gasteiger partial charge < -0.3 is 9.47 Å². The van der Waals surface area contributed by atoms with Crippen LogP contribution in [0.4, 0.5) is 10.5 Å². The third-order valence-electron chi connectivity index (χ3n) is 5.61. The summed E-state index contributed by atoms with van der Waals surface area (Å²) in [6, 6.07) is 2.31. The lowest BCUT2D eigenvalue weighted by Crippen LogP contribution is -2.35. The number of esters is 1. The lowest BCUT2D eigenvalue weighted by Gasteiger charge is -2.19. The van der Waals surface area contributed by atoms with Gasteiger partial charge in [0, 0.05) is 6.20 Å². The van der Waals surface area contributed by atoms with E-state index in [-0.39, 0.29) is 13.2 Å². The highest BCUT2D eigenvalue weighted by Gasteiger charge is 2.29. The first kappa shape index (κ1) is 19.5. The number of aryl methyl sites for hydroxylation is 3. The van der Waals surface area contributed by atoms with E-state index in [0.29, 0.717) is 0 Å². The second-order valence-corrected chi connectivity index (χ2v) is 7.74. The number of amides is 1. The average Bonchev–Trinajstić information content (AvgIpc) is 3.42. The van der Waals surface area contributed by atoms with Crippen molar-refractivity contribution >= 4 is 17.7 Å². The number of carbonyl (C=O) groups is 2. The molecule has 1 aromatic heterocycles. The first-order valence-electron chi connectivity index (χ1n) is 10.3. The first-order chi connectivity index (χ1) is 14.0. The Kier molecular flexibility index (Phi) is 5.56. The van der Waals surface area contributed by atoms with Gasteiger partial charge in [0.15, 0.2) is 0 Å². The highest BCUT2D eigenvalue weighted by Crippen LogP contribution is 2.38. The highest BCUT2D eigenvalue weighted by molar-refractivity contribution is 5.90. The van der Waals surface area contributed by atoms with Crippen LogP contribution in [0.25, 0.3) is 0 Å². The van der Waals surface area contributed by atoms with Gasteiger partial charge in [-0.3, -0.25) is 10.00 Å². The van der Waals surface area contributed by atoms with Crippen LogP contribution in [0.5, 0.6) is 0 Å². The Balaban J connectivity index is 1.52. The molecule has 0 radical (unpaired) electrons. The van der Waals surface area contributed by atoms with Gasteiger partial charge in [0.1, 0.15) is 0 Å². The summed E-state index contributed by atoms with van der Waals surface area (Å²) in [5.74, 6) is -0.570. The van der Waals surface area contributed by atoms with E-state index in [4.69, 9.17) is 9.47 Å². The Morgan fingerprint density at radius 3 is 2.45 bits per heavy atom. The molecule has 0 spiro atoms. The van der Waals surface area contributed by atoms with Crippen molar-refractivity contribution in [3.8, 4) is 0 Å². The van der Waals surface area contributed by atoms with Crippen LogP contribution in [0.15, 0.2) is 18.5 Å². The largest absolute Gasteiger partial charge is 0.463 e. The van der Waals surface area contributed by atoms with Crippen LogP contribution in [0.3, 0.4) is 0 Å². The lowest BCUT2D eigenvalue weighted by atomic mass is 9.99. The molecule has 4 rings (SSSR count). The minimum absolute atomic E-state index is 0.116. The predicted molar refractivity (Wildman–Crippen MR) is 108 cm³/mol. The lowest BCUT2D eigenvalue weighted by molar-refractivity contribution is -0.153. The molecule has 0 saturated carbocycles. The van der Waals surface area contributed by atoms with Crippen molar-refractivity contribution in [3.05, 3.63) is 46.3 Å². The van der Waals surface area contributed by atoms with Gasteiger partial charge in [0.2, 0.25) is 6.10 Å². The highest BCUT2D eigenvalue weighted by atomic mass is 16.6. The van der Waals surface area contributed by atoms with Crippen LogP contribution in [0.2, 0.25) is 0 Å². The van der Waals surface area contributed by atoms with E-state index in [1.165, 1.54) is 22.3 Å². The van der Waals surface area contributed by atoms with E-state index >= 15 is 0 Å². The topological polar surface area (TPSA) is 82.5 Å². The van der Waals surface area contributed by atoms with Crippen molar-refractivity contribution in [1.29, 1.82) is 0 Å². The number of ether oxygens (including phenoxy) is 2. The zero-order chi connectivity index (χ0) is 20.4. The molecule has 0 aliphatic heterocycles. The molecule has 1 N–H and O–H groups in total. The van der Waals surface area contributed by atoms with Crippen molar-refractivity contribution < 1.29 is 19.1 Å². The van der Waals surface area contributed by atoms with E-state index in [1.54, 1.807) is 24.0 Å². The standard InChI is InChI=1S/C22H27N3O4/c1-3-28-21(26)19(13-25-12-14(2)11-23-25)29-22(27)24-20-17-8-4-6-15(17)10-16-7-5-9-18(16)20/h10-12,19H,3-9,13H2,1-2H3,(H,24,27). The van der Waals surface area contributed by atoms with Gasteiger partial charge in [-0.1, -0.05) is 6.07 Å². The Labute approximate surface area is 170 Å². The summed E-state index contributed by atoms with van der Waals surface area (Å²) in [5.41, 5.74) is 6.96. The van der Waals surface area contributed by atoms with E-state index in [1.807, 2.05) is 6.92 Å². The van der Waals surface area contributed by atoms with Gasteiger partial charge in [0.25, 0.3) is 0 Å². The Morgan fingerprint density at radius 2 is 1.86 bits per heavy atom. The number of hydrogen-bond donors (Lipinski definition) is 1. The molecular weight excluding hydrogens is 370 g/mol. The van der Waals surface area contributed by atoms with E-state index in [9.17, 15) is 9.59 Å².